The molecule has 192 valence electrons. The summed E-state index contributed by atoms with van der Waals surface area (Å²) in [5.41, 5.74) is 5.71. The molecule has 1 aromatic heterocycles. The van der Waals surface area contributed by atoms with Crippen LogP contribution in [-0.4, -0.2) is 23.6 Å². The Balaban J connectivity index is 1.62. The van der Waals surface area contributed by atoms with Crippen molar-refractivity contribution in [2.75, 3.05) is 6.79 Å². The number of aromatic nitrogens is 1. The molecule has 1 atom stereocenters. The summed E-state index contributed by atoms with van der Waals surface area (Å²) < 4.78 is 50.7. The number of carbonyl (C=O) groups excluding carboxylic acids is 1. The van der Waals surface area contributed by atoms with Crippen molar-refractivity contribution in [2.45, 2.75) is 32.4 Å². The first kappa shape index (κ1) is 25.1. The number of carbonyl (C=O) groups is 1. The quantitative estimate of drug-likeness (QED) is 0.321. The third-order valence-electron chi connectivity index (χ3n) is 6.49. The maximum absolute atomic E-state index is 13.0. The van der Waals surface area contributed by atoms with Crippen molar-refractivity contribution in [1.82, 2.24) is 10.0 Å². The molecule has 1 fully saturated rings. The zero-order valence-electron chi connectivity index (χ0n) is 19.9. The molecule has 0 aliphatic carbocycles. The van der Waals surface area contributed by atoms with Gasteiger partial charge in [-0.2, -0.15) is 0 Å². The van der Waals surface area contributed by atoms with Gasteiger partial charge in [0.15, 0.2) is 12.4 Å². The molecule has 0 saturated carbocycles. The lowest BCUT2D eigenvalue weighted by molar-refractivity contribution is -0.274. The maximum Gasteiger partial charge on any atom is 0.573 e. The first-order valence-electron chi connectivity index (χ1n) is 11.4. The minimum atomic E-state index is -4.81. The number of fused-ring (bicyclic) bond motifs is 1. The Labute approximate surface area is 215 Å². The first-order valence-corrected chi connectivity index (χ1v) is 11.7. The summed E-state index contributed by atoms with van der Waals surface area (Å²) in [6, 6.07) is 18.9. The molecule has 1 N–H and O–H groups in total. The molecular weight excluding hydrogens is 509 g/mol. The number of amides is 1. The third kappa shape index (κ3) is 4.90. The van der Waals surface area contributed by atoms with E-state index < -0.39 is 17.9 Å². The summed E-state index contributed by atoms with van der Waals surface area (Å²) in [6.07, 6.45) is -4.81. The van der Waals surface area contributed by atoms with Crippen LogP contribution in [0.1, 0.15) is 23.7 Å². The van der Waals surface area contributed by atoms with Crippen molar-refractivity contribution in [3.8, 4) is 16.9 Å². The molecule has 5 rings (SSSR count). The number of benzene rings is 3. The van der Waals surface area contributed by atoms with Crippen LogP contribution in [0.15, 0.2) is 66.7 Å². The Morgan fingerprint density at radius 3 is 2.57 bits per heavy atom. The average Bonchev–Trinajstić information content (AvgIpc) is 3.11. The van der Waals surface area contributed by atoms with E-state index in [-0.39, 0.29) is 12.5 Å². The van der Waals surface area contributed by atoms with Crippen LogP contribution >= 0.6 is 11.6 Å². The molecule has 10 heteroatoms. The van der Waals surface area contributed by atoms with E-state index in [1.165, 1.54) is 12.1 Å². The van der Waals surface area contributed by atoms with Crippen molar-refractivity contribution in [3.63, 3.8) is 0 Å². The minimum absolute atomic E-state index is 0.0970. The molecule has 1 aliphatic heterocycles. The van der Waals surface area contributed by atoms with Gasteiger partial charge in [0.1, 0.15) is 5.75 Å². The molecule has 0 unspecified atom stereocenters. The highest BCUT2D eigenvalue weighted by molar-refractivity contribution is 6.30. The summed E-state index contributed by atoms with van der Waals surface area (Å²) in [5, 5.41) is 1.35. The Hall–Kier alpha value is -3.53. The van der Waals surface area contributed by atoms with E-state index in [2.05, 4.69) is 10.2 Å². The molecule has 6 nitrogen and oxygen atoms in total. The zero-order chi connectivity index (χ0) is 26.4. The smallest absolute Gasteiger partial charge is 0.406 e. The molecular formula is C27H22ClF3N2O4. The minimum Gasteiger partial charge on any atom is -0.406 e. The summed E-state index contributed by atoms with van der Waals surface area (Å²) in [6.45, 7) is 3.79. The predicted molar refractivity (Wildman–Crippen MR) is 132 cm³/mol. The van der Waals surface area contributed by atoms with E-state index >= 15 is 0 Å². The van der Waals surface area contributed by atoms with E-state index in [9.17, 15) is 18.0 Å². The summed E-state index contributed by atoms with van der Waals surface area (Å²) >= 11 is 6.08. The topological polar surface area (TPSA) is 61.7 Å². The van der Waals surface area contributed by atoms with E-state index in [1.807, 2.05) is 35.8 Å². The number of hydrogen-bond donors (Lipinski definition) is 1. The van der Waals surface area contributed by atoms with E-state index in [0.29, 0.717) is 22.6 Å². The SMILES string of the molecule is Cc1c(-c2ccc(Cl)cc2)c2ccc(OC(F)(F)F)cc2n1Cc1cccc([C@]2(C)OCONC2=O)c1. The van der Waals surface area contributed by atoms with Crippen LogP contribution in [0.5, 0.6) is 5.75 Å². The van der Waals surface area contributed by atoms with Gasteiger partial charge in [0.05, 0.1) is 5.52 Å². The Morgan fingerprint density at radius 1 is 1.11 bits per heavy atom. The molecule has 1 amide bonds. The van der Waals surface area contributed by atoms with Crippen LogP contribution in [0.4, 0.5) is 13.2 Å². The van der Waals surface area contributed by atoms with E-state index in [0.717, 1.165) is 27.8 Å². The highest BCUT2D eigenvalue weighted by Crippen LogP contribution is 2.38. The number of halogens is 4. The second kappa shape index (κ2) is 9.41. The molecule has 2 heterocycles. The molecule has 3 aromatic carbocycles. The summed E-state index contributed by atoms with van der Waals surface area (Å²) in [4.78, 5) is 17.3. The van der Waals surface area contributed by atoms with Gasteiger partial charge in [-0.1, -0.05) is 48.0 Å². The van der Waals surface area contributed by atoms with E-state index in [1.54, 1.807) is 37.3 Å². The van der Waals surface area contributed by atoms with Crippen molar-refractivity contribution in [3.05, 3.63) is 88.6 Å². The molecule has 0 radical (unpaired) electrons. The Kier molecular flexibility index (Phi) is 6.39. The average molecular weight is 531 g/mol. The molecule has 37 heavy (non-hydrogen) atoms. The lowest BCUT2D eigenvalue weighted by atomic mass is 9.93. The Morgan fingerprint density at radius 2 is 1.86 bits per heavy atom. The highest BCUT2D eigenvalue weighted by atomic mass is 35.5. The standard InChI is InChI=1S/C27H22ClF3N2O4/c1-16-24(18-6-8-20(28)9-7-18)22-11-10-21(37-27(29,30)31)13-23(22)33(16)14-17-4-3-5-19(12-17)26(2)25(34)32-36-15-35-26/h3-13H,14-15H2,1-2H3,(H,32,34)/t26-/m0/s1. The van der Waals surface area contributed by atoms with Crippen LogP contribution < -0.4 is 10.2 Å². The zero-order valence-corrected chi connectivity index (χ0v) is 20.6. The van der Waals surface area contributed by atoms with Crippen LogP contribution in [0.3, 0.4) is 0 Å². The molecule has 4 aromatic rings. The maximum atomic E-state index is 13.0. The van der Waals surface area contributed by atoms with Crippen LogP contribution in [0, 0.1) is 6.92 Å². The third-order valence-corrected chi connectivity index (χ3v) is 6.74. The number of hydroxylamine groups is 1. The normalized spacial score (nSPS) is 18.2. The number of nitrogens with one attached hydrogen (secondary N) is 1. The number of rotatable bonds is 5. The van der Waals surface area contributed by atoms with E-state index in [4.69, 9.17) is 21.2 Å². The van der Waals surface area contributed by atoms with Crippen molar-refractivity contribution in [1.29, 1.82) is 0 Å². The molecule has 1 saturated heterocycles. The summed E-state index contributed by atoms with van der Waals surface area (Å²) in [7, 11) is 0. The van der Waals surface area contributed by atoms with Crippen LogP contribution in [0.2, 0.25) is 5.02 Å². The number of ether oxygens (including phenoxy) is 2. The summed E-state index contributed by atoms with van der Waals surface area (Å²) in [5.74, 6) is -0.743. The largest absolute Gasteiger partial charge is 0.573 e. The Bertz CT molecular complexity index is 1480. The van der Waals surface area contributed by atoms with Crippen molar-refractivity contribution in [2.24, 2.45) is 0 Å². The monoisotopic (exact) mass is 530 g/mol. The predicted octanol–water partition coefficient (Wildman–Crippen LogP) is 6.47. The molecule has 1 aliphatic rings. The van der Waals surface area contributed by atoms with Crippen LogP contribution in [-0.2, 0) is 26.5 Å². The van der Waals surface area contributed by atoms with Crippen LogP contribution in [0.25, 0.3) is 22.0 Å². The van der Waals surface area contributed by atoms with Gasteiger partial charge < -0.3 is 14.0 Å². The van der Waals surface area contributed by atoms with Crippen molar-refractivity contribution < 1.29 is 32.3 Å². The van der Waals surface area contributed by atoms with Gasteiger partial charge in [-0.05, 0) is 54.8 Å². The lowest BCUT2D eigenvalue weighted by Gasteiger charge is -2.32. The van der Waals surface area contributed by atoms with Gasteiger partial charge >= 0.3 is 6.36 Å². The highest BCUT2D eigenvalue weighted by Gasteiger charge is 2.39. The van der Waals surface area contributed by atoms with Gasteiger partial charge in [0, 0.05) is 34.3 Å². The number of alkyl halides is 3. The molecule has 0 spiro atoms. The number of nitrogens with zero attached hydrogens (tertiary/aromatic N) is 1. The fourth-order valence-corrected chi connectivity index (χ4v) is 4.73. The van der Waals surface area contributed by atoms with Gasteiger partial charge in [0.25, 0.3) is 5.91 Å². The van der Waals surface area contributed by atoms with Gasteiger partial charge in [0.2, 0.25) is 0 Å². The van der Waals surface area contributed by atoms with Crippen molar-refractivity contribution >= 4 is 28.4 Å². The van der Waals surface area contributed by atoms with Gasteiger partial charge in [-0.15, -0.1) is 13.2 Å². The number of hydrogen-bond acceptors (Lipinski definition) is 4. The second-order valence-electron chi connectivity index (χ2n) is 8.85. The molecule has 0 bridgehead atoms. The van der Waals surface area contributed by atoms with Gasteiger partial charge in [-0.25, -0.2) is 10.3 Å². The fraction of sp³-hybridized carbons (Fsp3) is 0.222. The second-order valence-corrected chi connectivity index (χ2v) is 9.29. The van der Waals surface area contributed by atoms with Gasteiger partial charge in [-0.3, -0.25) is 4.79 Å². The lowest BCUT2D eigenvalue weighted by Crippen LogP contribution is -2.49. The first-order chi connectivity index (χ1) is 17.5. The fourth-order valence-electron chi connectivity index (χ4n) is 4.61.